The van der Waals surface area contributed by atoms with Gasteiger partial charge in [0.1, 0.15) is 5.82 Å². The second kappa shape index (κ2) is 8.49. The molecule has 0 unspecified atom stereocenters. The molecule has 0 atom stereocenters. The molecule has 0 spiro atoms. The normalized spacial score (nSPS) is 14.0. The van der Waals surface area contributed by atoms with Crippen LogP contribution in [-0.2, 0) is 16.6 Å². The first-order chi connectivity index (χ1) is 13.3. The molecule has 1 N–H and O–H groups in total. The van der Waals surface area contributed by atoms with Gasteiger partial charge >= 0.3 is 0 Å². The third kappa shape index (κ3) is 5.02. The summed E-state index contributed by atoms with van der Waals surface area (Å²) < 4.78 is 40.6. The molecule has 2 aromatic rings. The maximum absolute atomic E-state index is 14.2. The van der Waals surface area contributed by atoms with Crippen molar-refractivity contribution in [2.45, 2.75) is 38.8 Å². The summed E-state index contributed by atoms with van der Waals surface area (Å²) in [5.41, 5.74) is 0.958. The van der Waals surface area contributed by atoms with Crippen LogP contribution in [0.3, 0.4) is 0 Å². The van der Waals surface area contributed by atoms with Crippen molar-refractivity contribution in [3.05, 3.63) is 64.4 Å². The molecule has 0 heterocycles. The maximum atomic E-state index is 14.2. The van der Waals surface area contributed by atoms with Crippen LogP contribution in [0.1, 0.15) is 42.1 Å². The molecule has 1 fully saturated rings. The van der Waals surface area contributed by atoms with Crippen LogP contribution in [0.25, 0.3) is 0 Å². The van der Waals surface area contributed by atoms with Crippen LogP contribution in [-0.4, -0.2) is 31.0 Å². The molecule has 1 aliphatic carbocycles. The molecule has 2 aromatic carbocycles. The van der Waals surface area contributed by atoms with E-state index in [2.05, 4.69) is 4.72 Å². The lowest BCUT2D eigenvalue weighted by atomic mass is 10.1. The molecule has 1 saturated carbocycles. The highest BCUT2D eigenvalue weighted by atomic mass is 35.5. The van der Waals surface area contributed by atoms with Crippen molar-refractivity contribution in [2.24, 2.45) is 0 Å². The molecular formula is C20H22ClFN2O3S. The Balaban J connectivity index is 1.84. The number of sulfonamides is 1. The van der Waals surface area contributed by atoms with Crippen molar-refractivity contribution < 1.29 is 17.6 Å². The molecule has 3 rings (SSSR count). The summed E-state index contributed by atoms with van der Waals surface area (Å²) >= 11 is 6.12. The summed E-state index contributed by atoms with van der Waals surface area (Å²) in [5.74, 6) is -0.726. The third-order valence-corrected chi connectivity index (χ3v) is 6.34. The first-order valence-corrected chi connectivity index (χ1v) is 11.2. The van der Waals surface area contributed by atoms with Crippen molar-refractivity contribution in [2.75, 3.05) is 10.5 Å². The summed E-state index contributed by atoms with van der Waals surface area (Å²) in [6, 6.07) is 10.8. The lowest BCUT2D eigenvalue weighted by Crippen LogP contribution is -2.33. The van der Waals surface area contributed by atoms with E-state index in [0.29, 0.717) is 17.7 Å². The number of benzene rings is 2. The first-order valence-electron chi connectivity index (χ1n) is 9.15. The van der Waals surface area contributed by atoms with E-state index in [1.54, 1.807) is 36.1 Å². The van der Waals surface area contributed by atoms with Gasteiger partial charge in [-0.15, -0.1) is 0 Å². The van der Waals surface area contributed by atoms with E-state index in [1.807, 2.05) is 0 Å². The molecule has 0 radical (unpaired) electrons. The Labute approximate surface area is 169 Å². The zero-order valence-corrected chi connectivity index (χ0v) is 17.1. The number of carbonyl (C=O) groups excluding carboxylic acids is 1. The van der Waals surface area contributed by atoms with E-state index in [9.17, 15) is 17.6 Å². The number of hydrogen-bond donors (Lipinski definition) is 1. The van der Waals surface area contributed by atoms with Crippen LogP contribution < -0.4 is 4.72 Å². The lowest BCUT2D eigenvalue weighted by molar-refractivity contribution is 0.0728. The average Bonchev–Trinajstić information content (AvgIpc) is 3.46. The zero-order valence-electron chi connectivity index (χ0n) is 15.5. The fraction of sp³-hybridized carbons (Fsp3) is 0.350. The Morgan fingerprint density at radius 1 is 1.25 bits per heavy atom. The molecular weight excluding hydrogens is 403 g/mol. The number of halogens is 2. The topological polar surface area (TPSA) is 66.5 Å². The van der Waals surface area contributed by atoms with Gasteiger partial charge in [0, 0.05) is 27.9 Å². The number of carbonyl (C=O) groups is 1. The second-order valence-electron chi connectivity index (χ2n) is 6.87. The Hall–Kier alpha value is -2.12. The summed E-state index contributed by atoms with van der Waals surface area (Å²) in [6.45, 7) is 1.85. The second-order valence-corrected chi connectivity index (χ2v) is 9.12. The van der Waals surface area contributed by atoms with Gasteiger partial charge in [0.25, 0.3) is 5.91 Å². The highest BCUT2D eigenvalue weighted by Crippen LogP contribution is 2.32. The number of nitrogens with zero attached hydrogens (tertiary/aromatic N) is 1. The predicted molar refractivity (Wildman–Crippen MR) is 108 cm³/mol. The van der Waals surface area contributed by atoms with Crippen LogP contribution in [0, 0.1) is 5.82 Å². The predicted octanol–water partition coefficient (Wildman–Crippen LogP) is 4.44. The molecule has 5 nitrogen and oxygen atoms in total. The van der Waals surface area contributed by atoms with Gasteiger partial charge in [-0.05, 0) is 49.6 Å². The van der Waals surface area contributed by atoms with E-state index in [1.165, 1.54) is 18.2 Å². The van der Waals surface area contributed by atoms with Crippen molar-refractivity contribution in [3.8, 4) is 0 Å². The van der Waals surface area contributed by atoms with Gasteiger partial charge in [-0.1, -0.05) is 30.7 Å². The molecule has 1 aliphatic rings. The maximum Gasteiger partial charge on any atom is 0.254 e. The van der Waals surface area contributed by atoms with Crippen LogP contribution in [0.15, 0.2) is 42.5 Å². The van der Waals surface area contributed by atoms with E-state index < -0.39 is 15.8 Å². The minimum atomic E-state index is -3.45. The first kappa shape index (κ1) is 20.6. The summed E-state index contributed by atoms with van der Waals surface area (Å²) in [6.07, 6.45) is 2.19. The molecule has 1 amide bonds. The van der Waals surface area contributed by atoms with E-state index >= 15 is 0 Å². The van der Waals surface area contributed by atoms with Crippen LogP contribution in [0.4, 0.5) is 10.1 Å². The molecule has 150 valence electrons. The quantitative estimate of drug-likeness (QED) is 0.681. The van der Waals surface area contributed by atoms with Crippen LogP contribution >= 0.6 is 11.6 Å². The van der Waals surface area contributed by atoms with E-state index in [-0.39, 0.29) is 34.8 Å². The lowest BCUT2D eigenvalue weighted by Gasteiger charge is -2.24. The Morgan fingerprint density at radius 2 is 1.96 bits per heavy atom. The van der Waals surface area contributed by atoms with Gasteiger partial charge in [0.05, 0.1) is 12.3 Å². The molecule has 0 aromatic heterocycles. The van der Waals surface area contributed by atoms with Crippen molar-refractivity contribution in [1.82, 2.24) is 4.90 Å². The number of hydrogen-bond acceptors (Lipinski definition) is 3. The third-order valence-electron chi connectivity index (χ3n) is 4.49. The SMILES string of the molecule is CCCS(=O)(=O)Nc1cccc(C(=O)N(Cc2c(F)cccc2Cl)C2CC2)c1. The van der Waals surface area contributed by atoms with Gasteiger partial charge in [0.15, 0.2) is 0 Å². The molecule has 0 saturated heterocycles. The largest absolute Gasteiger partial charge is 0.331 e. The minimum Gasteiger partial charge on any atom is -0.331 e. The number of rotatable bonds is 8. The van der Waals surface area contributed by atoms with Gasteiger partial charge in [-0.3, -0.25) is 9.52 Å². The fourth-order valence-corrected chi connectivity index (χ4v) is 4.34. The number of anilines is 1. The monoisotopic (exact) mass is 424 g/mol. The number of nitrogens with one attached hydrogen (secondary N) is 1. The van der Waals surface area contributed by atoms with Crippen LogP contribution in [0.2, 0.25) is 5.02 Å². The zero-order chi connectivity index (χ0) is 20.3. The fourth-order valence-electron chi connectivity index (χ4n) is 2.99. The van der Waals surface area contributed by atoms with E-state index in [4.69, 9.17) is 11.6 Å². The van der Waals surface area contributed by atoms with Gasteiger partial charge in [0.2, 0.25) is 10.0 Å². The molecule has 0 aliphatic heterocycles. The Bertz CT molecular complexity index is 957. The van der Waals surface area contributed by atoms with Gasteiger partial charge in [-0.2, -0.15) is 0 Å². The highest BCUT2D eigenvalue weighted by Gasteiger charge is 2.34. The molecule has 8 heteroatoms. The van der Waals surface area contributed by atoms with Crippen LogP contribution in [0.5, 0.6) is 0 Å². The summed E-state index contributed by atoms with van der Waals surface area (Å²) in [5, 5.41) is 0.277. The smallest absolute Gasteiger partial charge is 0.254 e. The molecule has 28 heavy (non-hydrogen) atoms. The minimum absolute atomic E-state index is 0.00512. The average molecular weight is 425 g/mol. The van der Waals surface area contributed by atoms with Gasteiger partial charge < -0.3 is 4.90 Å². The Kier molecular flexibility index (Phi) is 6.25. The standard InChI is InChI=1S/C20H22ClFN2O3S/c1-2-11-28(26,27)23-15-6-3-5-14(12-15)20(25)24(16-9-10-16)13-17-18(21)7-4-8-19(17)22/h3-8,12,16,23H,2,9-11,13H2,1H3. The van der Waals surface area contributed by atoms with Crippen molar-refractivity contribution in [3.63, 3.8) is 0 Å². The molecule has 0 bridgehead atoms. The summed E-state index contributed by atoms with van der Waals surface area (Å²) in [4.78, 5) is 14.7. The highest BCUT2D eigenvalue weighted by molar-refractivity contribution is 7.92. The van der Waals surface area contributed by atoms with Crippen molar-refractivity contribution >= 4 is 33.2 Å². The van der Waals surface area contributed by atoms with Crippen molar-refractivity contribution in [1.29, 1.82) is 0 Å². The van der Waals surface area contributed by atoms with Gasteiger partial charge in [-0.25, -0.2) is 12.8 Å². The summed E-state index contributed by atoms with van der Waals surface area (Å²) in [7, 11) is -3.45. The van der Waals surface area contributed by atoms with E-state index in [0.717, 1.165) is 12.8 Å². The Morgan fingerprint density at radius 3 is 2.61 bits per heavy atom. The number of amides is 1.